The van der Waals surface area contributed by atoms with Gasteiger partial charge in [0.15, 0.2) is 0 Å². The van der Waals surface area contributed by atoms with Gasteiger partial charge in [-0.2, -0.15) is 0 Å². The van der Waals surface area contributed by atoms with Gasteiger partial charge in [0, 0.05) is 37.9 Å². The summed E-state index contributed by atoms with van der Waals surface area (Å²) in [5.41, 5.74) is 0.896. The first-order valence-corrected chi connectivity index (χ1v) is 8.00. The minimum atomic E-state index is -0.369. The Kier molecular flexibility index (Phi) is 4.95. The second kappa shape index (κ2) is 6.92. The maximum Gasteiger partial charge on any atom is 0.141 e. The highest BCUT2D eigenvalue weighted by Crippen LogP contribution is 2.22. The van der Waals surface area contributed by atoms with Crippen LogP contribution in [0.4, 0.5) is 10.1 Å². The number of rotatable bonds is 3. The lowest BCUT2D eigenvalue weighted by molar-refractivity contribution is 0.117. The van der Waals surface area contributed by atoms with Crippen molar-refractivity contribution in [2.45, 2.75) is 25.0 Å². The molecule has 0 aliphatic carbocycles. The van der Waals surface area contributed by atoms with Gasteiger partial charge in [0.1, 0.15) is 5.82 Å². The van der Waals surface area contributed by atoms with Crippen LogP contribution < -0.4 is 16.0 Å². The van der Waals surface area contributed by atoms with Gasteiger partial charge in [-0.15, -0.1) is 0 Å². The molecule has 0 amide bonds. The van der Waals surface area contributed by atoms with E-state index in [-0.39, 0.29) is 10.8 Å². The average molecular weight is 313 g/mol. The molecule has 0 radical (unpaired) electrons. The maximum absolute atomic E-state index is 13.2. The molecule has 0 saturated carbocycles. The molecule has 116 valence electrons. The van der Waals surface area contributed by atoms with E-state index in [1.54, 1.807) is 12.1 Å². The summed E-state index contributed by atoms with van der Waals surface area (Å²) >= 11 is 5.84. The molecule has 0 bridgehead atoms. The smallest absolute Gasteiger partial charge is 0.141 e. The van der Waals surface area contributed by atoms with Crippen molar-refractivity contribution < 1.29 is 4.39 Å². The molecule has 2 aliphatic heterocycles. The number of piperazine rings is 1. The number of hydrogen-bond acceptors (Lipinski definition) is 4. The van der Waals surface area contributed by atoms with Gasteiger partial charge in [0.05, 0.1) is 11.2 Å². The average Bonchev–Trinajstić information content (AvgIpc) is 2.52. The van der Waals surface area contributed by atoms with Gasteiger partial charge >= 0.3 is 0 Å². The van der Waals surface area contributed by atoms with Gasteiger partial charge in [0.2, 0.25) is 0 Å². The second-order valence-electron chi connectivity index (χ2n) is 5.75. The first-order chi connectivity index (χ1) is 10.2. The molecule has 2 saturated heterocycles. The highest BCUT2D eigenvalue weighted by Gasteiger charge is 2.27. The zero-order valence-corrected chi connectivity index (χ0v) is 12.8. The van der Waals surface area contributed by atoms with Crippen LogP contribution in [0.3, 0.4) is 0 Å². The molecule has 2 fully saturated rings. The highest BCUT2D eigenvalue weighted by atomic mass is 35.5. The number of anilines is 1. The van der Waals surface area contributed by atoms with E-state index in [9.17, 15) is 4.39 Å². The van der Waals surface area contributed by atoms with E-state index < -0.39 is 0 Å². The monoisotopic (exact) mass is 312 g/mol. The van der Waals surface area contributed by atoms with E-state index in [1.807, 2.05) is 0 Å². The summed E-state index contributed by atoms with van der Waals surface area (Å²) in [5.74, 6) is -0.369. The minimum Gasteiger partial charge on any atom is -0.382 e. The zero-order chi connectivity index (χ0) is 14.7. The van der Waals surface area contributed by atoms with E-state index in [2.05, 4.69) is 20.9 Å². The molecule has 21 heavy (non-hydrogen) atoms. The van der Waals surface area contributed by atoms with E-state index >= 15 is 0 Å². The number of halogens is 2. The summed E-state index contributed by atoms with van der Waals surface area (Å²) in [6.07, 6.45) is 2.54. The SMILES string of the molecule is Fc1ccc(NC2CCNC(N3CCNCC3)C2)cc1Cl. The molecule has 2 unspecified atom stereocenters. The van der Waals surface area contributed by atoms with Gasteiger partial charge in [-0.1, -0.05) is 11.6 Å². The molecule has 1 aromatic rings. The van der Waals surface area contributed by atoms with Gasteiger partial charge in [-0.05, 0) is 37.6 Å². The van der Waals surface area contributed by atoms with E-state index in [0.717, 1.165) is 51.3 Å². The van der Waals surface area contributed by atoms with Crippen molar-refractivity contribution in [1.29, 1.82) is 0 Å². The Labute approximate surface area is 130 Å². The molecule has 3 N–H and O–H groups in total. The van der Waals surface area contributed by atoms with Crippen LogP contribution in [-0.4, -0.2) is 49.8 Å². The first kappa shape index (κ1) is 15.0. The van der Waals surface area contributed by atoms with Crippen LogP contribution in [0.15, 0.2) is 18.2 Å². The van der Waals surface area contributed by atoms with Crippen molar-refractivity contribution in [3.8, 4) is 0 Å². The first-order valence-electron chi connectivity index (χ1n) is 7.62. The standard InChI is InChI=1S/C15H22ClFN4/c16-13-9-11(1-2-14(13)17)20-12-3-4-19-15(10-12)21-7-5-18-6-8-21/h1-2,9,12,15,18-20H,3-8,10H2. The van der Waals surface area contributed by atoms with Crippen molar-refractivity contribution in [1.82, 2.24) is 15.5 Å². The topological polar surface area (TPSA) is 39.3 Å². The van der Waals surface area contributed by atoms with Gasteiger partial charge < -0.3 is 16.0 Å². The summed E-state index contributed by atoms with van der Waals surface area (Å²) in [5, 5.41) is 10.6. The number of piperidine rings is 1. The lowest BCUT2D eigenvalue weighted by atomic mass is 10.0. The lowest BCUT2D eigenvalue weighted by Gasteiger charge is -2.40. The van der Waals surface area contributed by atoms with Crippen molar-refractivity contribution >= 4 is 17.3 Å². The third kappa shape index (κ3) is 3.86. The van der Waals surface area contributed by atoms with Gasteiger partial charge in [-0.3, -0.25) is 4.90 Å². The molecule has 2 atom stereocenters. The summed E-state index contributed by atoms with van der Waals surface area (Å²) < 4.78 is 13.2. The number of nitrogens with zero attached hydrogens (tertiary/aromatic N) is 1. The van der Waals surface area contributed by atoms with Crippen LogP contribution in [0, 0.1) is 5.82 Å². The van der Waals surface area contributed by atoms with Crippen molar-refractivity contribution in [3.63, 3.8) is 0 Å². The number of hydrogen-bond donors (Lipinski definition) is 3. The fourth-order valence-electron chi connectivity index (χ4n) is 3.12. The van der Waals surface area contributed by atoms with E-state index in [0.29, 0.717) is 12.2 Å². The fraction of sp³-hybridized carbons (Fsp3) is 0.600. The summed E-state index contributed by atoms with van der Waals surface area (Å²) in [4.78, 5) is 2.50. The molecular formula is C15H22ClFN4. The summed E-state index contributed by atoms with van der Waals surface area (Å²) in [6.45, 7) is 5.30. The Bertz CT molecular complexity index is 479. The Morgan fingerprint density at radius 2 is 2.05 bits per heavy atom. The lowest BCUT2D eigenvalue weighted by Crippen LogP contribution is -2.57. The molecule has 2 heterocycles. The normalized spacial score (nSPS) is 27.5. The fourth-order valence-corrected chi connectivity index (χ4v) is 3.30. The molecular weight excluding hydrogens is 291 g/mol. The Balaban J connectivity index is 1.59. The Hall–Kier alpha value is -0.880. The van der Waals surface area contributed by atoms with Crippen LogP contribution in [0.2, 0.25) is 5.02 Å². The molecule has 0 spiro atoms. The third-order valence-electron chi connectivity index (χ3n) is 4.26. The Morgan fingerprint density at radius 3 is 2.81 bits per heavy atom. The van der Waals surface area contributed by atoms with Crippen LogP contribution >= 0.6 is 11.6 Å². The molecule has 6 heteroatoms. The van der Waals surface area contributed by atoms with Crippen LogP contribution in [0.25, 0.3) is 0 Å². The predicted octanol–water partition coefficient (Wildman–Crippen LogP) is 1.87. The largest absolute Gasteiger partial charge is 0.382 e. The van der Waals surface area contributed by atoms with Crippen LogP contribution in [0.1, 0.15) is 12.8 Å². The molecule has 4 nitrogen and oxygen atoms in total. The van der Waals surface area contributed by atoms with Crippen LogP contribution in [0.5, 0.6) is 0 Å². The van der Waals surface area contributed by atoms with E-state index in [1.165, 1.54) is 6.07 Å². The summed E-state index contributed by atoms with van der Waals surface area (Å²) in [7, 11) is 0. The van der Waals surface area contributed by atoms with E-state index in [4.69, 9.17) is 11.6 Å². The third-order valence-corrected chi connectivity index (χ3v) is 4.55. The maximum atomic E-state index is 13.2. The van der Waals surface area contributed by atoms with Crippen molar-refractivity contribution in [2.75, 3.05) is 38.0 Å². The highest BCUT2D eigenvalue weighted by molar-refractivity contribution is 6.31. The molecule has 3 rings (SSSR count). The molecule has 2 aliphatic rings. The van der Waals surface area contributed by atoms with Crippen molar-refractivity contribution in [2.24, 2.45) is 0 Å². The molecule has 0 aromatic heterocycles. The van der Waals surface area contributed by atoms with Crippen molar-refractivity contribution in [3.05, 3.63) is 29.0 Å². The number of benzene rings is 1. The van der Waals surface area contributed by atoms with Gasteiger partial charge in [0.25, 0.3) is 0 Å². The minimum absolute atomic E-state index is 0.174. The quantitative estimate of drug-likeness (QED) is 0.797. The predicted molar refractivity (Wildman–Crippen MR) is 84.3 cm³/mol. The Morgan fingerprint density at radius 1 is 1.24 bits per heavy atom. The zero-order valence-electron chi connectivity index (χ0n) is 12.0. The van der Waals surface area contributed by atoms with Crippen LogP contribution in [-0.2, 0) is 0 Å². The van der Waals surface area contributed by atoms with Gasteiger partial charge in [-0.25, -0.2) is 4.39 Å². The summed E-state index contributed by atoms with van der Waals surface area (Å²) in [6, 6.07) is 5.23. The second-order valence-corrected chi connectivity index (χ2v) is 6.16. The number of nitrogens with one attached hydrogen (secondary N) is 3. The molecule has 1 aromatic carbocycles.